The van der Waals surface area contributed by atoms with Crippen LogP contribution in [0.3, 0.4) is 0 Å². The van der Waals surface area contributed by atoms with Crippen LogP contribution in [0.2, 0.25) is 0 Å². The fourth-order valence-corrected chi connectivity index (χ4v) is 10.5. The van der Waals surface area contributed by atoms with E-state index < -0.39 is 0 Å². The number of nitrogens with zero attached hydrogens (tertiary/aromatic N) is 2. The third-order valence-electron chi connectivity index (χ3n) is 13.2. The van der Waals surface area contributed by atoms with Crippen LogP contribution >= 0.6 is 0 Å². The number of anilines is 5. The van der Waals surface area contributed by atoms with Gasteiger partial charge in [-0.1, -0.05) is 152 Å². The highest BCUT2D eigenvalue weighted by molar-refractivity contribution is 6.43. The van der Waals surface area contributed by atoms with Crippen molar-refractivity contribution in [3.05, 3.63) is 248 Å². The zero-order chi connectivity index (χ0) is 44.3. The number of fused-ring (bicyclic) bond motifs is 6. The van der Waals surface area contributed by atoms with E-state index in [1.165, 1.54) is 21.7 Å². The summed E-state index contributed by atoms with van der Waals surface area (Å²) in [5.41, 5.74) is 6.72. The smallest absolute Gasteiger partial charge is 0.144 e. The van der Waals surface area contributed by atoms with Crippen LogP contribution in [0.15, 0.2) is 243 Å². The summed E-state index contributed by atoms with van der Waals surface area (Å²) in [6, 6.07) is 85.8. The Bertz CT molecular complexity index is 3790. The molecule has 0 fully saturated rings. The topological polar surface area (TPSA) is 24.9 Å². The Hall–Kier alpha value is -8.86. The minimum Gasteiger partial charge on any atom is -0.456 e. The molecule has 13 rings (SSSR count). The number of rotatable bonds is 11. The molecule has 0 atom stereocenters. The molecule has 316 valence electrons. The Kier molecular flexibility index (Phi) is 9.21. The first-order chi connectivity index (χ1) is 33.3. The van der Waals surface area contributed by atoms with Gasteiger partial charge in [0.1, 0.15) is 23.0 Å². The van der Waals surface area contributed by atoms with Gasteiger partial charge in [0, 0.05) is 56.2 Å². The van der Waals surface area contributed by atoms with Crippen LogP contribution in [0.4, 0.5) is 28.4 Å². The highest BCUT2D eigenvalue weighted by Crippen LogP contribution is 2.58. The van der Waals surface area contributed by atoms with Crippen molar-refractivity contribution < 1.29 is 9.47 Å². The first-order valence-electron chi connectivity index (χ1n) is 22.9. The molecule has 0 bridgehead atoms. The molecule has 0 aromatic heterocycles. The largest absolute Gasteiger partial charge is 0.456 e. The number of hydrogen-bond acceptors (Lipinski definition) is 4. The first kappa shape index (κ1) is 38.6. The van der Waals surface area contributed by atoms with E-state index in [-0.39, 0.29) is 0 Å². The lowest BCUT2D eigenvalue weighted by Crippen LogP contribution is -2.16. The lowest BCUT2D eigenvalue weighted by molar-refractivity contribution is 0.487. The summed E-state index contributed by atoms with van der Waals surface area (Å²) in [6.45, 7) is 0.663. The summed E-state index contributed by atoms with van der Waals surface area (Å²) in [4.78, 5) is 4.76. The minimum absolute atomic E-state index is 0.663. The van der Waals surface area contributed by atoms with Crippen LogP contribution in [0.1, 0.15) is 5.56 Å². The van der Waals surface area contributed by atoms with Gasteiger partial charge in [0.05, 0.1) is 5.69 Å². The molecule has 0 saturated carbocycles. The van der Waals surface area contributed by atoms with Gasteiger partial charge in [-0.2, -0.15) is 0 Å². The Morgan fingerprint density at radius 1 is 0.299 bits per heavy atom. The number of ether oxygens (including phenoxy) is 2. The molecule has 0 amide bonds. The predicted molar refractivity (Wildman–Crippen MR) is 280 cm³/mol. The zero-order valence-corrected chi connectivity index (χ0v) is 36.5. The maximum atomic E-state index is 7.39. The fraction of sp³-hybridized carbons (Fsp3) is 0.0159. The summed E-state index contributed by atoms with van der Waals surface area (Å²) in [5, 5.41) is 13.3. The summed E-state index contributed by atoms with van der Waals surface area (Å²) in [7, 11) is 0. The molecule has 13 aromatic carbocycles. The first-order valence-corrected chi connectivity index (χ1v) is 22.9. The third-order valence-corrected chi connectivity index (χ3v) is 13.2. The van der Waals surface area contributed by atoms with Gasteiger partial charge in [0.2, 0.25) is 0 Å². The maximum absolute atomic E-state index is 7.39. The van der Waals surface area contributed by atoms with Crippen molar-refractivity contribution in [2.75, 3.05) is 9.80 Å². The van der Waals surface area contributed by atoms with Gasteiger partial charge in [-0.3, -0.25) is 0 Å². The molecule has 0 spiro atoms. The van der Waals surface area contributed by atoms with Gasteiger partial charge in [-0.15, -0.1) is 0 Å². The lowest BCUT2D eigenvalue weighted by atomic mass is 10.0. The highest BCUT2D eigenvalue weighted by Gasteiger charge is 2.30. The second-order valence-electron chi connectivity index (χ2n) is 17.2. The van der Waals surface area contributed by atoms with Crippen molar-refractivity contribution in [3.8, 4) is 23.0 Å². The molecular weight excluding hydrogens is 817 g/mol. The average Bonchev–Trinajstić information content (AvgIpc) is 3.91. The predicted octanol–water partition coefficient (Wildman–Crippen LogP) is 17.9. The van der Waals surface area contributed by atoms with Gasteiger partial charge < -0.3 is 19.3 Å². The Balaban J connectivity index is 1.16. The zero-order valence-electron chi connectivity index (χ0n) is 36.5. The van der Waals surface area contributed by atoms with Crippen molar-refractivity contribution >= 4 is 93.1 Å². The van der Waals surface area contributed by atoms with E-state index in [2.05, 4.69) is 204 Å². The molecular formula is C63H42N2O2. The van der Waals surface area contributed by atoms with E-state index in [1.807, 2.05) is 48.5 Å². The van der Waals surface area contributed by atoms with Gasteiger partial charge in [0.15, 0.2) is 0 Å². The van der Waals surface area contributed by atoms with Crippen molar-refractivity contribution in [1.82, 2.24) is 0 Å². The van der Waals surface area contributed by atoms with E-state index >= 15 is 0 Å². The van der Waals surface area contributed by atoms with E-state index in [0.29, 0.717) is 6.54 Å². The standard InChI is InChI=1S/C63H42N2O2/c1-7-22-44(23-8-1)64(45-24-9-2-10-25-45)41-42-39-43-21-19-35-51-56(43)54(40-42)61-58(51)62(66-48-30-15-5-16-31-48)59-52-36-20-34-50-55(65(46-26-11-3-12-27-46)47-28-13-4-14-29-47)38-37-53(57(50)52)60(59)63(61)67-49-32-17-6-18-33-49/h1-40H,41H2. The molecule has 4 heteroatoms. The van der Waals surface area contributed by atoms with E-state index in [1.54, 1.807) is 0 Å². The number of benzene rings is 11. The normalized spacial score (nSPS) is 11.6. The third kappa shape index (κ3) is 6.45. The average molecular weight is 859 g/mol. The Labute approximate surface area is 388 Å². The summed E-state index contributed by atoms with van der Waals surface area (Å²) in [6.07, 6.45) is 0. The van der Waals surface area contributed by atoms with Gasteiger partial charge >= 0.3 is 0 Å². The summed E-state index contributed by atoms with van der Waals surface area (Å²) >= 11 is 0. The maximum Gasteiger partial charge on any atom is 0.144 e. The number of hydrogen-bond donors (Lipinski definition) is 0. The molecule has 13 aromatic rings. The van der Waals surface area contributed by atoms with Gasteiger partial charge in [-0.05, 0) is 134 Å². The van der Waals surface area contributed by atoms with Crippen LogP contribution < -0.4 is 19.3 Å². The van der Waals surface area contributed by atoms with Crippen molar-refractivity contribution in [2.45, 2.75) is 6.54 Å². The number of para-hydroxylation sites is 6. The van der Waals surface area contributed by atoms with Crippen molar-refractivity contribution in [2.24, 2.45) is 0 Å². The lowest BCUT2D eigenvalue weighted by Gasteiger charge is -2.27. The molecule has 0 aliphatic carbocycles. The highest BCUT2D eigenvalue weighted by atomic mass is 16.5. The minimum atomic E-state index is 0.663. The van der Waals surface area contributed by atoms with Crippen LogP contribution in [0.25, 0.3) is 64.6 Å². The monoisotopic (exact) mass is 858 g/mol. The van der Waals surface area contributed by atoms with Gasteiger partial charge in [-0.25, -0.2) is 0 Å². The molecule has 4 nitrogen and oxygen atoms in total. The second kappa shape index (κ2) is 16.0. The van der Waals surface area contributed by atoms with E-state index in [4.69, 9.17) is 9.47 Å². The van der Waals surface area contributed by atoms with E-state index in [0.717, 1.165) is 99.9 Å². The molecule has 67 heavy (non-hydrogen) atoms. The van der Waals surface area contributed by atoms with Crippen LogP contribution in [0, 0.1) is 0 Å². The van der Waals surface area contributed by atoms with Crippen molar-refractivity contribution in [3.63, 3.8) is 0 Å². The molecule has 0 aliphatic rings. The van der Waals surface area contributed by atoms with Crippen LogP contribution in [0.5, 0.6) is 23.0 Å². The second-order valence-corrected chi connectivity index (χ2v) is 17.2. The van der Waals surface area contributed by atoms with E-state index in [9.17, 15) is 0 Å². The Morgan fingerprint density at radius 2 is 0.716 bits per heavy atom. The molecule has 0 unspecified atom stereocenters. The Morgan fingerprint density at radius 3 is 1.24 bits per heavy atom. The summed E-state index contributed by atoms with van der Waals surface area (Å²) in [5.74, 6) is 3.19. The molecule has 0 N–H and O–H groups in total. The van der Waals surface area contributed by atoms with Crippen LogP contribution in [-0.4, -0.2) is 0 Å². The van der Waals surface area contributed by atoms with Gasteiger partial charge in [0.25, 0.3) is 0 Å². The quantitative estimate of drug-likeness (QED) is 0.129. The SMILES string of the molecule is c1ccc(Oc2c3c4cccc5cc(CN(c6ccccc6)c6ccccc6)cc(c3c(Oc3ccccc3)c3c6ccc(N(c7ccccc7)c7ccccc7)c7cccc(c23)c76)c54)cc1. The van der Waals surface area contributed by atoms with Crippen LogP contribution in [-0.2, 0) is 6.54 Å². The summed E-state index contributed by atoms with van der Waals surface area (Å²) < 4.78 is 14.7. The molecule has 0 radical (unpaired) electrons. The fourth-order valence-electron chi connectivity index (χ4n) is 10.5. The molecule has 0 heterocycles. The molecule has 0 saturated heterocycles. The molecule has 0 aliphatic heterocycles. The van der Waals surface area contributed by atoms with Crippen molar-refractivity contribution in [1.29, 1.82) is 0 Å².